The number of nitrogens with one attached hydrogen (secondary N) is 3. The summed E-state index contributed by atoms with van der Waals surface area (Å²) >= 11 is 0. The number of hydrogen-bond acceptors (Lipinski definition) is 3. The van der Waals surface area contributed by atoms with Gasteiger partial charge in [0, 0.05) is 19.3 Å². The van der Waals surface area contributed by atoms with Gasteiger partial charge in [0.1, 0.15) is 5.60 Å². The van der Waals surface area contributed by atoms with Gasteiger partial charge in [0.05, 0.1) is 0 Å². The molecule has 6 heteroatoms. The standard InChI is InChI=1S/C14H21N3O3/c1-14(2,3)20-13(19)17-11-7-5-6-10(8-11)9-16-12(18)15-4/h5-8H,9H2,1-4H3,(H,17,19)(H2,15,16,18). The average Bonchev–Trinajstić information content (AvgIpc) is 2.34. The SMILES string of the molecule is CNC(=O)NCc1cccc(NC(=O)OC(C)(C)C)c1. The Bertz CT molecular complexity index is 481. The van der Waals surface area contributed by atoms with Gasteiger partial charge in [-0.1, -0.05) is 12.1 Å². The van der Waals surface area contributed by atoms with Crippen molar-refractivity contribution in [2.45, 2.75) is 32.9 Å². The van der Waals surface area contributed by atoms with Gasteiger partial charge in [0.25, 0.3) is 0 Å². The van der Waals surface area contributed by atoms with E-state index in [9.17, 15) is 9.59 Å². The molecule has 0 unspecified atom stereocenters. The molecule has 3 amide bonds. The molecule has 0 saturated carbocycles. The number of hydrogen-bond donors (Lipinski definition) is 3. The number of benzene rings is 1. The van der Waals surface area contributed by atoms with Crippen molar-refractivity contribution in [3.05, 3.63) is 29.8 Å². The first-order chi connectivity index (χ1) is 9.30. The second kappa shape index (κ2) is 6.79. The Morgan fingerprint density at radius 3 is 2.55 bits per heavy atom. The van der Waals surface area contributed by atoms with E-state index in [1.165, 1.54) is 0 Å². The Labute approximate surface area is 118 Å². The Kier molecular flexibility index (Phi) is 5.37. The van der Waals surface area contributed by atoms with Gasteiger partial charge in [-0.05, 0) is 38.5 Å². The van der Waals surface area contributed by atoms with Gasteiger partial charge >= 0.3 is 12.1 Å². The molecule has 0 saturated heterocycles. The lowest BCUT2D eigenvalue weighted by Gasteiger charge is -2.19. The van der Waals surface area contributed by atoms with E-state index in [1.54, 1.807) is 46.0 Å². The number of ether oxygens (including phenoxy) is 1. The number of amides is 3. The average molecular weight is 279 g/mol. The van der Waals surface area contributed by atoms with Gasteiger partial charge in [0.15, 0.2) is 0 Å². The summed E-state index contributed by atoms with van der Waals surface area (Å²) in [7, 11) is 1.55. The zero-order valence-electron chi connectivity index (χ0n) is 12.2. The zero-order valence-corrected chi connectivity index (χ0v) is 12.2. The van der Waals surface area contributed by atoms with Gasteiger partial charge in [-0.25, -0.2) is 9.59 Å². The minimum atomic E-state index is -0.539. The highest BCUT2D eigenvalue weighted by molar-refractivity contribution is 5.85. The van der Waals surface area contributed by atoms with Crippen molar-refractivity contribution in [1.82, 2.24) is 10.6 Å². The van der Waals surface area contributed by atoms with Crippen molar-refractivity contribution in [3.8, 4) is 0 Å². The lowest BCUT2D eigenvalue weighted by atomic mass is 10.2. The minimum Gasteiger partial charge on any atom is -0.444 e. The van der Waals surface area contributed by atoms with Crippen molar-refractivity contribution in [1.29, 1.82) is 0 Å². The van der Waals surface area contributed by atoms with Crippen LogP contribution in [0.1, 0.15) is 26.3 Å². The number of carbonyl (C=O) groups excluding carboxylic acids is 2. The molecule has 0 aliphatic carbocycles. The quantitative estimate of drug-likeness (QED) is 0.795. The summed E-state index contributed by atoms with van der Waals surface area (Å²) in [6, 6.07) is 6.94. The molecular weight excluding hydrogens is 258 g/mol. The molecule has 0 spiro atoms. The molecule has 0 radical (unpaired) electrons. The molecule has 110 valence electrons. The number of carbonyl (C=O) groups is 2. The largest absolute Gasteiger partial charge is 0.444 e. The molecule has 0 atom stereocenters. The molecule has 6 nitrogen and oxygen atoms in total. The van der Waals surface area contributed by atoms with E-state index in [-0.39, 0.29) is 6.03 Å². The molecule has 1 rings (SSSR count). The molecule has 3 N–H and O–H groups in total. The Hall–Kier alpha value is -2.24. The van der Waals surface area contributed by atoms with Crippen LogP contribution in [0.4, 0.5) is 15.3 Å². The van der Waals surface area contributed by atoms with Crippen LogP contribution >= 0.6 is 0 Å². The molecule has 0 fully saturated rings. The number of rotatable bonds is 3. The van der Waals surface area contributed by atoms with E-state index >= 15 is 0 Å². The predicted octanol–water partition coefficient (Wildman–Crippen LogP) is 2.46. The smallest absolute Gasteiger partial charge is 0.412 e. The number of anilines is 1. The maximum absolute atomic E-state index is 11.6. The van der Waals surface area contributed by atoms with Gasteiger partial charge in [-0.2, -0.15) is 0 Å². The molecule has 0 aromatic heterocycles. The van der Waals surface area contributed by atoms with Crippen LogP contribution in [0.15, 0.2) is 24.3 Å². The van der Waals surface area contributed by atoms with Crippen molar-refractivity contribution >= 4 is 17.8 Å². The monoisotopic (exact) mass is 279 g/mol. The molecule has 1 aromatic carbocycles. The Morgan fingerprint density at radius 2 is 1.95 bits per heavy atom. The molecule has 0 bridgehead atoms. The molecule has 20 heavy (non-hydrogen) atoms. The van der Waals surface area contributed by atoms with E-state index in [0.29, 0.717) is 12.2 Å². The maximum Gasteiger partial charge on any atom is 0.412 e. The zero-order chi connectivity index (χ0) is 15.2. The first-order valence-electron chi connectivity index (χ1n) is 6.34. The van der Waals surface area contributed by atoms with Gasteiger partial charge in [0.2, 0.25) is 0 Å². The summed E-state index contributed by atoms with van der Waals surface area (Å²) in [6.07, 6.45) is -0.506. The topological polar surface area (TPSA) is 79.5 Å². The summed E-state index contributed by atoms with van der Waals surface area (Å²) in [5.41, 5.74) is 0.959. The van der Waals surface area contributed by atoms with Crippen LogP contribution in [-0.2, 0) is 11.3 Å². The van der Waals surface area contributed by atoms with E-state index in [1.807, 2.05) is 6.07 Å². The van der Waals surface area contributed by atoms with Crippen LogP contribution < -0.4 is 16.0 Å². The van der Waals surface area contributed by atoms with Gasteiger partial charge < -0.3 is 15.4 Å². The summed E-state index contributed by atoms with van der Waals surface area (Å²) < 4.78 is 5.17. The second-order valence-electron chi connectivity index (χ2n) is 5.26. The summed E-state index contributed by atoms with van der Waals surface area (Å²) in [5.74, 6) is 0. The Morgan fingerprint density at radius 1 is 1.25 bits per heavy atom. The van der Waals surface area contributed by atoms with Crippen molar-refractivity contribution in [3.63, 3.8) is 0 Å². The van der Waals surface area contributed by atoms with Crippen LogP contribution in [0.25, 0.3) is 0 Å². The third-order valence-corrected chi connectivity index (χ3v) is 2.25. The van der Waals surface area contributed by atoms with Gasteiger partial charge in [-0.15, -0.1) is 0 Å². The van der Waals surface area contributed by atoms with Crippen molar-refractivity contribution in [2.75, 3.05) is 12.4 Å². The number of urea groups is 1. The third kappa shape index (κ3) is 6.08. The highest BCUT2D eigenvalue weighted by atomic mass is 16.6. The summed E-state index contributed by atoms with van der Waals surface area (Å²) in [4.78, 5) is 22.7. The lowest BCUT2D eigenvalue weighted by molar-refractivity contribution is 0.0636. The van der Waals surface area contributed by atoms with E-state index in [2.05, 4.69) is 16.0 Å². The Balaban J connectivity index is 2.59. The first-order valence-corrected chi connectivity index (χ1v) is 6.34. The molecule has 0 aliphatic rings. The van der Waals surface area contributed by atoms with Crippen LogP contribution in [-0.4, -0.2) is 24.8 Å². The maximum atomic E-state index is 11.6. The molecule has 1 aromatic rings. The first kappa shape index (κ1) is 15.8. The third-order valence-electron chi connectivity index (χ3n) is 2.25. The lowest BCUT2D eigenvalue weighted by Crippen LogP contribution is -2.32. The fourth-order valence-corrected chi connectivity index (χ4v) is 1.45. The second-order valence-corrected chi connectivity index (χ2v) is 5.26. The van der Waals surface area contributed by atoms with E-state index in [4.69, 9.17) is 4.74 Å². The normalized spacial score (nSPS) is 10.6. The van der Waals surface area contributed by atoms with Crippen LogP contribution in [0.2, 0.25) is 0 Å². The van der Waals surface area contributed by atoms with Crippen LogP contribution in [0.3, 0.4) is 0 Å². The highest BCUT2D eigenvalue weighted by Gasteiger charge is 2.16. The fourth-order valence-electron chi connectivity index (χ4n) is 1.45. The van der Waals surface area contributed by atoms with Gasteiger partial charge in [-0.3, -0.25) is 5.32 Å². The van der Waals surface area contributed by atoms with Crippen LogP contribution in [0.5, 0.6) is 0 Å². The molecule has 0 aliphatic heterocycles. The predicted molar refractivity (Wildman–Crippen MR) is 77.6 cm³/mol. The minimum absolute atomic E-state index is 0.254. The van der Waals surface area contributed by atoms with E-state index in [0.717, 1.165) is 5.56 Å². The van der Waals surface area contributed by atoms with E-state index < -0.39 is 11.7 Å². The highest BCUT2D eigenvalue weighted by Crippen LogP contribution is 2.13. The molecular formula is C14H21N3O3. The molecule has 0 heterocycles. The van der Waals surface area contributed by atoms with Crippen molar-refractivity contribution < 1.29 is 14.3 Å². The fraction of sp³-hybridized carbons (Fsp3) is 0.429. The van der Waals surface area contributed by atoms with Crippen LogP contribution in [0, 0.1) is 0 Å². The summed E-state index contributed by atoms with van der Waals surface area (Å²) in [6.45, 7) is 5.78. The van der Waals surface area contributed by atoms with Crippen molar-refractivity contribution in [2.24, 2.45) is 0 Å². The summed E-state index contributed by atoms with van der Waals surface area (Å²) in [5, 5.41) is 7.79.